The molecule has 1 aliphatic heterocycles. The van der Waals surface area contributed by atoms with Crippen LogP contribution in [0.2, 0.25) is 0 Å². The van der Waals surface area contributed by atoms with E-state index in [1.165, 1.54) is 6.20 Å². The molecule has 52 heavy (non-hydrogen) atoms. The molecule has 0 saturated carbocycles. The van der Waals surface area contributed by atoms with Crippen LogP contribution in [0, 0.1) is 31.4 Å². The molecule has 4 heterocycles. The Hall–Kier alpha value is -5.21. The van der Waals surface area contributed by atoms with Crippen molar-refractivity contribution in [1.82, 2.24) is 29.5 Å². The number of nitrogens with two attached hydrogens (primary N) is 1. The maximum Gasteiger partial charge on any atom is 0.272 e. The minimum absolute atomic E-state index is 0.0589. The topological polar surface area (TPSA) is 141 Å². The zero-order valence-electron chi connectivity index (χ0n) is 30.3. The zero-order chi connectivity index (χ0) is 37.2. The van der Waals surface area contributed by atoms with Gasteiger partial charge in [-0.3, -0.25) is 18.7 Å². The van der Waals surface area contributed by atoms with Crippen LogP contribution in [0.5, 0.6) is 0 Å². The van der Waals surface area contributed by atoms with E-state index in [-0.39, 0.29) is 22.9 Å². The molecule has 0 aliphatic carbocycles. The lowest BCUT2D eigenvalue weighted by Gasteiger charge is -2.39. The van der Waals surface area contributed by atoms with E-state index in [0.717, 1.165) is 37.2 Å². The highest BCUT2D eigenvalue weighted by atomic mass is 19.2. The van der Waals surface area contributed by atoms with E-state index in [1.807, 2.05) is 26.0 Å². The van der Waals surface area contributed by atoms with Crippen LogP contribution >= 0.6 is 0 Å². The van der Waals surface area contributed by atoms with E-state index in [9.17, 15) is 9.59 Å². The van der Waals surface area contributed by atoms with Crippen molar-refractivity contribution in [1.29, 1.82) is 0 Å². The van der Waals surface area contributed by atoms with Crippen molar-refractivity contribution < 1.29 is 27.6 Å². The standard InChI is InChI=1S/C38H45F2N9O3/c1-6-26-19-27(7-8-28(26)38(51)44-20-25-11-16-49(4,17-12-25)22-32(41)50)45-36-37-43-21-31(47(37)14-13-42-36)29-9-10-30(35(40)34(29)39)33-23(2)46-48(24(33)3)15-18-52-5/h7-10,13-14,19,21,25H,6,11-12,15-18,20,22H2,1-5H3,(H3-,41,42,44,45,50,51)/p+1. The highest BCUT2D eigenvalue weighted by molar-refractivity contribution is 5.96. The predicted octanol–water partition coefficient (Wildman–Crippen LogP) is 5.18. The fraction of sp³-hybridized carbons (Fsp3) is 0.395. The van der Waals surface area contributed by atoms with Crippen LogP contribution in [0.25, 0.3) is 28.0 Å². The molecule has 1 fully saturated rings. The summed E-state index contributed by atoms with van der Waals surface area (Å²) in [7, 11) is 3.65. The van der Waals surface area contributed by atoms with E-state index >= 15 is 8.78 Å². The lowest BCUT2D eigenvalue weighted by atomic mass is 9.94. The first kappa shape index (κ1) is 36.6. The lowest BCUT2D eigenvalue weighted by Crippen LogP contribution is -2.54. The summed E-state index contributed by atoms with van der Waals surface area (Å²) in [5.74, 6) is -1.62. The SMILES string of the molecule is CCc1cc(Nc2nccn3c(-c4ccc(-c5c(C)nn(CCOC)c5C)c(F)c4F)cnc23)ccc1C(=O)NCC1CC[N+](C)(CC(N)=O)CC1. The molecule has 2 aromatic carbocycles. The fourth-order valence-corrected chi connectivity index (χ4v) is 7.27. The van der Waals surface area contributed by atoms with Crippen molar-refractivity contribution in [3.05, 3.63) is 83.1 Å². The normalized spacial score (nSPS) is 17.4. The van der Waals surface area contributed by atoms with Gasteiger partial charge in [-0.15, -0.1) is 0 Å². The molecule has 5 aromatic rings. The summed E-state index contributed by atoms with van der Waals surface area (Å²) in [6, 6.07) is 8.64. The van der Waals surface area contributed by atoms with Gasteiger partial charge in [-0.05, 0) is 56.0 Å². The van der Waals surface area contributed by atoms with Crippen LogP contribution in [0.3, 0.4) is 0 Å². The Bertz CT molecular complexity index is 2120. The summed E-state index contributed by atoms with van der Waals surface area (Å²) in [6.45, 7) is 9.15. The molecule has 0 spiro atoms. The third kappa shape index (κ3) is 7.39. The number of imidazole rings is 1. The van der Waals surface area contributed by atoms with Gasteiger partial charge >= 0.3 is 0 Å². The minimum Gasteiger partial charge on any atom is -0.383 e. The zero-order valence-corrected chi connectivity index (χ0v) is 30.3. The largest absolute Gasteiger partial charge is 0.383 e. The molecule has 1 aliphatic rings. The number of ether oxygens (including phenoxy) is 1. The van der Waals surface area contributed by atoms with Gasteiger partial charge in [-0.2, -0.15) is 5.10 Å². The fourth-order valence-electron chi connectivity index (χ4n) is 7.27. The molecule has 274 valence electrons. The number of halogens is 2. The number of carbonyl (C=O) groups is 2. The van der Waals surface area contributed by atoms with Gasteiger partial charge in [0.1, 0.15) is 0 Å². The number of likely N-dealkylation sites (tertiary alicyclic amines) is 1. The first-order chi connectivity index (χ1) is 24.9. The number of amides is 2. The molecular weight excluding hydrogens is 668 g/mol. The average Bonchev–Trinajstić information content (AvgIpc) is 3.67. The van der Waals surface area contributed by atoms with Gasteiger partial charge in [-0.1, -0.05) is 13.0 Å². The molecule has 0 unspecified atom stereocenters. The number of anilines is 2. The number of fused-ring (bicyclic) bond motifs is 1. The number of carbonyl (C=O) groups excluding carboxylic acids is 2. The number of primary amides is 1. The number of nitrogens with one attached hydrogen (secondary N) is 2. The first-order valence-electron chi connectivity index (χ1n) is 17.6. The first-order valence-corrected chi connectivity index (χ1v) is 17.6. The summed E-state index contributed by atoms with van der Waals surface area (Å²) >= 11 is 0. The Balaban J connectivity index is 1.18. The van der Waals surface area contributed by atoms with Crippen molar-refractivity contribution in [3.8, 4) is 22.4 Å². The molecule has 2 amide bonds. The van der Waals surface area contributed by atoms with Crippen LogP contribution in [0.1, 0.15) is 47.1 Å². The number of nitrogens with zero attached hydrogens (tertiary/aromatic N) is 6. The van der Waals surface area contributed by atoms with E-state index in [2.05, 4.69) is 32.7 Å². The molecule has 6 rings (SSSR count). The Morgan fingerprint density at radius 3 is 2.52 bits per heavy atom. The predicted molar refractivity (Wildman–Crippen MR) is 195 cm³/mol. The average molecular weight is 715 g/mol. The van der Waals surface area contributed by atoms with Gasteiger partial charge < -0.3 is 25.6 Å². The van der Waals surface area contributed by atoms with Gasteiger partial charge in [-0.25, -0.2) is 18.7 Å². The smallest absolute Gasteiger partial charge is 0.272 e. The maximum atomic E-state index is 15.8. The Morgan fingerprint density at radius 1 is 1.08 bits per heavy atom. The monoisotopic (exact) mass is 714 g/mol. The molecule has 0 bridgehead atoms. The minimum atomic E-state index is -0.986. The number of quaternary nitrogens is 1. The molecule has 0 radical (unpaired) electrons. The second-order valence-corrected chi connectivity index (χ2v) is 13.9. The van der Waals surface area contributed by atoms with Crippen molar-refractivity contribution >= 4 is 29.0 Å². The van der Waals surface area contributed by atoms with Gasteiger partial charge in [0.2, 0.25) is 0 Å². The maximum absolute atomic E-state index is 15.8. The number of hydrogen-bond acceptors (Lipinski definition) is 7. The summed E-state index contributed by atoms with van der Waals surface area (Å²) < 4.78 is 40.8. The lowest BCUT2D eigenvalue weighted by molar-refractivity contribution is -0.907. The second-order valence-electron chi connectivity index (χ2n) is 13.9. The Kier molecular flexibility index (Phi) is 10.7. The number of aromatic nitrogens is 5. The number of hydrogen-bond donors (Lipinski definition) is 3. The summed E-state index contributed by atoms with van der Waals surface area (Å²) in [4.78, 5) is 33.7. The molecule has 12 nitrogen and oxygen atoms in total. The molecule has 14 heteroatoms. The van der Waals surface area contributed by atoms with E-state index in [0.29, 0.717) is 82.7 Å². The van der Waals surface area contributed by atoms with Gasteiger partial charge in [0.15, 0.2) is 29.6 Å². The highest BCUT2D eigenvalue weighted by Crippen LogP contribution is 2.35. The Labute approximate surface area is 301 Å². The molecule has 3 aromatic heterocycles. The Morgan fingerprint density at radius 2 is 1.81 bits per heavy atom. The third-order valence-electron chi connectivity index (χ3n) is 10.2. The number of likely N-dealkylation sites (N-methyl/N-ethyl adjacent to an activating group) is 1. The second kappa shape index (κ2) is 15.2. The van der Waals surface area contributed by atoms with Crippen LogP contribution in [-0.2, 0) is 22.5 Å². The molecule has 1 saturated heterocycles. The number of rotatable bonds is 13. The summed E-state index contributed by atoms with van der Waals surface area (Å²) in [5, 5.41) is 10.9. The van der Waals surface area contributed by atoms with E-state index < -0.39 is 11.6 Å². The van der Waals surface area contributed by atoms with Crippen LogP contribution in [0.4, 0.5) is 20.3 Å². The van der Waals surface area contributed by atoms with Gasteiger partial charge in [0, 0.05) is 72.5 Å². The third-order valence-corrected chi connectivity index (χ3v) is 10.2. The van der Waals surface area contributed by atoms with Gasteiger partial charge in [0.25, 0.3) is 11.8 Å². The number of benzene rings is 2. The molecule has 4 N–H and O–H groups in total. The summed E-state index contributed by atoms with van der Waals surface area (Å²) in [6.07, 6.45) is 7.16. The number of piperidine rings is 1. The highest BCUT2D eigenvalue weighted by Gasteiger charge is 2.31. The van der Waals surface area contributed by atoms with E-state index in [4.69, 9.17) is 10.5 Å². The van der Waals surface area contributed by atoms with Crippen molar-refractivity contribution in [2.45, 2.75) is 46.6 Å². The van der Waals surface area contributed by atoms with Crippen LogP contribution in [-0.4, -0.2) is 87.4 Å². The number of aryl methyl sites for hydroxylation is 2. The quantitative estimate of drug-likeness (QED) is 0.143. The molecular formula is C38H46F2N9O3+. The van der Waals surface area contributed by atoms with Crippen molar-refractivity contribution in [3.63, 3.8) is 0 Å². The van der Waals surface area contributed by atoms with Crippen LogP contribution in [0.15, 0.2) is 48.9 Å². The van der Waals surface area contributed by atoms with Crippen molar-refractivity contribution in [2.75, 3.05) is 52.3 Å². The van der Waals surface area contributed by atoms with Gasteiger partial charge in [0.05, 0.1) is 50.9 Å². The number of methoxy groups -OCH3 is 1. The summed E-state index contributed by atoms with van der Waals surface area (Å²) in [5.41, 5.74) is 10.5. The van der Waals surface area contributed by atoms with Crippen molar-refractivity contribution in [2.24, 2.45) is 11.7 Å². The van der Waals surface area contributed by atoms with Crippen LogP contribution < -0.4 is 16.4 Å². The molecule has 0 atom stereocenters. The van der Waals surface area contributed by atoms with E-state index in [1.54, 1.807) is 53.7 Å².